The Morgan fingerprint density at radius 1 is 0.786 bits per heavy atom. The third-order valence-corrected chi connectivity index (χ3v) is 0.949. The summed E-state index contributed by atoms with van der Waals surface area (Å²) in [6, 6.07) is 0. The van der Waals surface area contributed by atoms with Gasteiger partial charge in [0.1, 0.15) is 0 Å². The van der Waals surface area contributed by atoms with Gasteiger partial charge in [0, 0.05) is 13.2 Å². The van der Waals surface area contributed by atoms with Crippen LogP contribution in [-0.4, -0.2) is 23.4 Å². The Bertz CT molecular complexity index is 99.5. The molecule has 4 heteroatoms. The molecule has 2 N–H and O–H groups in total. The molecule has 14 heavy (non-hydrogen) atoms. The maximum absolute atomic E-state index is 8.40. The van der Waals surface area contributed by atoms with E-state index in [1.165, 1.54) is 0 Å². The summed E-state index contributed by atoms with van der Waals surface area (Å²) in [6.45, 7) is 12.5. The van der Waals surface area contributed by atoms with Crippen molar-refractivity contribution in [1.82, 2.24) is 0 Å². The third-order valence-electron chi connectivity index (χ3n) is 0.949. The Labute approximate surface area is 99.6 Å². The minimum atomic E-state index is 0.0972. The fraction of sp³-hybridized carbons (Fsp3) is 1.00. The number of aliphatic hydroxyl groups is 2. The first-order chi connectivity index (χ1) is 6.12. The van der Waals surface area contributed by atoms with Gasteiger partial charge in [0.15, 0.2) is 0 Å². The van der Waals surface area contributed by atoms with Crippen LogP contribution in [0.1, 0.15) is 41.5 Å². The summed E-state index contributed by atoms with van der Waals surface area (Å²) in [5, 5.41) is 16.8. The van der Waals surface area contributed by atoms with E-state index in [2.05, 4.69) is 0 Å². The second-order valence-electron chi connectivity index (χ2n) is 5.44. The van der Waals surface area contributed by atoms with Gasteiger partial charge in [0.05, 0.1) is 0 Å². The van der Waals surface area contributed by atoms with Crippen LogP contribution in [0.3, 0.4) is 0 Å². The van der Waals surface area contributed by atoms with E-state index < -0.39 is 0 Å². The standard InChI is InChI=1S/2C5H12O.O.Ti/c2*1-5(2,3)4-6;;/h2*6H,4H2,1-3H3;;. The van der Waals surface area contributed by atoms with Gasteiger partial charge < -0.3 is 10.2 Å². The van der Waals surface area contributed by atoms with Crippen molar-refractivity contribution in [2.24, 2.45) is 10.8 Å². The van der Waals surface area contributed by atoms with E-state index in [1.54, 1.807) is 0 Å². The van der Waals surface area contributed by atoms with Gasteiger partial charge >= 0.3 is 23.7 Å². The van der Waals surface area contributed by atoms with Crippen LogP contribution in [0, 0.1) is 10.8 Å². The zero-order chi connectivity index (χ0) is 12.4. The molecule has 0 saturated heterocycles. The zero-order valence-electron chi connectivity index (χ0n) is 10.2. The van der Waals surface area contributed by atoms with Gasteiger partial charge in [0.25, 0.3) is 0 Å². The Morgan fingerprint density at radius 3 is 0.857 bits per heavy atom. The third kappa shape index (κ3) is 39.3. The quantitative estimate of drug-likeness (QED) is 0.636. The van der Waals surface area contributed by atoms with Crippen molar-refractivity contribution in [2.75, 3.05) is 13.2 Å². The van der Waals surface area contributed by atoms with Gasteiger partial charge in [-0.2, -0.15) is 0 Å². The molecular formula is C10H24O3Ti. The van der Waals surface area contributed by atoms with E-state index in [9.17, 15) is 0 Å². The normalized spacial score (nSPS) is 10.5. The molecule has 0 rings (SSSR count). The van der Waals surface area contributed by atoms with Gasteiger partial charge in [-0.25, -0.2) is 0 Å². The molecule has 0 aromatic rings. The van der Waals surface area contributed by atoms with Crippen molar-refractivity contribution in [1.29, 1.82) is 0 Å². The molecule has 86 valence electrons. The first-order valence-electron chi connectivity index (χ1n) is 4.54. The molecular weight excluding hydrogens is 216 g/mol. The molecule has 3 nitrogen and oxygen atoms in total. The molecule has 0 aliphatic rings. The molecule has 0 saturated carbocycles. The summed E-state index contributed by atoms with van der Waals surface area (Å²) in [5.74, 6) is 0. The molecule has 0 unspecified atom stereocenters. The minimum absolute atomic E-state index is 0.0972. The SMILES string of the molecule is CC(C)(C)CO.CC(C)(C)CO.[O]=[Ti]. The zero-order valence-corrected chi connectivity index (χ0v) is 11.8. The van der Waals surface area contributed by atoms with Gasteiger partial charge in [-0.05, 0) is 10.8 Å². The van der Waals surface area contributed by atoms with Gasteiger partial charge in [-0.15, -0.1) is 0 Å². The van der Waals surface area contributed by atoms with Crippen LogP contribution in [0.2, 0.25) is 0 Å². The summed E-state index contributed by atoms with van der Waals surface area (Å²) in [4.78, 5) is 0. The van der Waals surface area contributed by atoms with E-state index in [0.29, 0.717) is 0 Å². The maximum atomic E-state index is 8.40. The van der Waals surface area contributed by atoms with E-state index in [0.717, 1.165) is 20.4 Å². The summed E-state index contributed by atoms with van der Waals surface area (Å²) < 4.78 is 8.25. The first kappa shape index (κ1) is 19.9. The summed E-state index contributed by atoms with van der Waals surface area (Å²) in [6.07, 6.45) is 0. The van der Waals surface area contributed by atoms with E-state index in [4.69, 9.17) is 13.5 Å². The van der Waals surface area contributed by atoms with Crippen molar-refractivity contribution >= 4 is 0 Å². The summed E-state index contributed by atoms with van der Waals surface area (Å²) in [7, 11) is 0. The van der Waals surface area contributed by atoms with Crippen LogP contribution in [0.15, 0.2) is 0 Å². The van der Waals surface area contributed by atoms with Crippen molar-refractivity contribution < 1.29 is 33.9 Å². The molecule has 0 fully saturated rings. The summed E-state index contributed by atoms with van der Waals surface area (Å²) >= 11 is 0.750. The van der Waals surface area contributed by atoms with Gasteiger partial charge in [0.2, 0.25) is 0 Å². The Kier molecular flexibility index (Phi) is 14.2. The van der Waals surface area contributed by atoms with Crippen molar-refractivity contribution in [2.45, 2.75) is 41.5 Å². The number of hydrogen-bond acceptors (Lipinski definition) is 3. The van der Waals surface area contributed by atoms with E-state index in [-0.39, 0.29) is 24.0 Å². The summed E-state index contributed by atoms with van der Waals surface area (Å²) in [5.41, 5.74) is 0.194. The van der Waals surface area contributed by atoms with Crippen LogP contribution < -0.4 is 0 Å². The Balaban J connectivity index is -0.000000147. The van der Waals surface area contributed by atoms with Crippen LogP contribution in [0.25, 0.3) is 0 Å². The predicted octanol–water partition coefficient (Wildman–Crippen LogP) is 1.93. The fourth-order valence-electron chi connectivity index (χ4n) is 0. The second-order valence-corrected chi connectivity index (χ2v) is 5.44. The van der Waals surface area contributed by atoms with Gasteiger partial charge in [-0.3, -0.25) is 0 Å². The van der Waals surface area contributed by atoms with Crippen LogP contribution >= 0.6 is 0 Å². The average molecular weight is 240 g/mol. The predicted molar refractivity (Wildman–Crippen MR) is 53.8 cm³/mol. The van der Waals surface area contributed by atoms with Crippen LogP contribution in [-0.2, 0) is 23.7 Å². The molecule has 0 radical (unpaired) electrons. The fourth-order valence-corrected chi connectivity index (χ4v) is 0. The van der Waals surface area contributed by atoms with E-state index in [1.807, 2.05) is 41.5 Å². The molecule has 0 spiro atoms. The number of rotatable bonds is 0. The Hall–Kier alpha value is 0.434. The molecule has 0 aliphatic heterocycles. The molecule has 0 aromatic carbocycles. The topological polar surface area (TPSA) is 57.5 Å². The van der Waals surface area contributed by atoms with Crippen molar-refractivity contribution in [3.05, 3.63) is 0 Å². The van der Waals surface area contributed by atoms with Crippen LogP contribution in [0.5, 0.6) is 0 Å². The van der Waals surface area contributed by atoms with Crippen LogP contribution in [0.4, 0.5) is 0 Å². The van der Waals surface area contributed by atoms with Crippen molar-refractivity contribution in [3.63, 3.8) is 0 Å². The van der Waals surface area contributed by atoms with Crippen molar-refractivity contribution in [3.8, 4) is 0 Å². The molecule has 0 atom stereocenters. The first-order valence-corrected chi connectivity index (χ1v) is 5.18. The molecule has 0 aromatic heterocycles. The molecule has 0 aliphatic carbocycles. The second kappa shape index (κ2) is 9.97. The Morgan fingerprint density at radius 2 is 0.857 bits per heavy atom. The monoisotopic (exact) mass is 240 g/mol. The van der Waals surface area contributed by atoms with Gasteiger partial charge in [-0.1, -0.05) is 41.5 Å². The number of aliphatic hydroxyl groups excluding tert-OH is 2. The molecule has 0 heterocycles. The average Bonchev–Trinajstić information content (AvgIpc) is 2.07. The molecule has 0 bridgehead atoms. The van der Waals surface area contributed by atoms with E-state index >= 15 is 0 Å². The number of hydrogen-bond donors (Lipinski definition) is 2. The molecule has 0 amide bonds.